The number of carbonyl (C=O) groups is 1. The number of amides is 1. The van der Waals surface area contributed by atoms with Crippen LogP contribution in [0.25, 0.3) is 0 Å². The molecule has 0 spiro atoms. The smallest absolute Gasteiger partial charge is 0.240 e. The minimum Gasteiger partial charge on any atom is -0.326 e. The predicted molar refractivity (Wildman–Crippen MR) is 102 cm³/mol. The Bertz CT molecular complexity index is 903. The summed E-state index contributed by atoms with van der Waals surface area (Å²) < 4.78 is 27.7. The van der Waals surface area contributed by atoms with Gasteiger partial charge in [-0.1, -0.05) is 32.0 Å². The molecule has 1 aliphatic rings. The van der Waals surface area contributed by atoms with Crippen molar-refractivity contribution in [3.63, 3.8) is 0 Å². The summed E-state index contributed by atoms with van der Waals surface area (Å²) in [5.41, 5.74) is 3.92. The van der Waals surface area contributed by atoms with Crippen molar-refractivity contribution in [2.24, 2.45) is 5.92 Å². The Kier molecular flexibility index (Phi) is 5.44. The molecule has 0 fully saturated rings. The van der Waals surface area contributed by atoms with Gasteiger partial charge in [0.15, 0.2) is 0 Å². The van der Waals surface area contributed by atoms with E-state index >= 15 is 0 Å². The van der Waals surface area contributed by atoms with E-state index in [1.54, 1.807) is 36.4 Å². The SMILES string of the molecule is CC(C)C(=O)Nc1ccc(CNS(=O)(=O)c2ccc3c(c2)CCC3)cc1. The molecule has 6 heteroatoms. The van der Waals surface area contributed by atoms with E-state index in [2.05, 4.69) is 10.0 Å². The molecule has 0 bridgehead atoms. The van der Waals surface area contributed by atoms with Gasteiger partial charge in [0.2, 0.25) is 15.9 Å². The van der Waals surface area contributed by atoms with Crippen molar-refractivity contribution in [2.75, 3.05) is 5.32 Å². The van der Waals surface area contributed by atoms with E-state index in [4.69, 9.17) is 0 Å². The zero-order valence-electron chi connectivity index (χ0n) is 15.1. The second kappa shape index (κ2) is 7.60. The van der Waals surface area contributed by atoms with Gasteiger partial charge in [0, 0.05) is 18.2 Å². The van der Waals surface area contributed by atoms with E-state index in [1.807, 2.05) is 19.9 Å². The van der Waals surface area contributed by atoms with E-state index in [-0.39, 0.29) is 18.4 Å². The summed E-state index contributed by atoms with van der Waals surface area (Å²) in [5, 5.41) is 2.81. The number of nitrogens with one attached hydrogen (secondary N) is 2. The molecule has 5 nitrogen and oxygen atoms in total. The summed E-state index contributed by atoms with van der Waals surface area (Å²) >= 11 is 0. The number of sulfonamides is 1. The molecule has 0 saturated heterocycles. The molecule has 2 aromatic carbocycles. The first-order valence-electron chi connectivity index (χ1n) is 8.86. The Morgan fingerprint density at radius 3 is 2.42 bits per heavy atom. The number of hydrogen-bond acceptors (Lipinski definition) is 3. The molecule has 3 rings (SSSR count). The van der Waals surface area contributed by atoms with Gasteiger partial charge in [-0.05, 0) is 60.2 Å². The summed E-state index contributed by atoms with van der Waals surface area (Å²) in [6.07, 6.45) is 3.07. The molecule has 2 N–H and O–H groups in total. The first-order chi connectivity index (χ1) is 12.3. The highest BCUT2D eigenvalue weighted by Crippen LogP contribution is 2.24. The molecule has 1 amide bonds. The molecule has 0 saturated carbocycles. The number of aryl methyl sites for hydroxylation is 2. The van der Waals surface area contributed by atoms with Crippen LogP contribution in [0.3, 0.4) is 0 Å². The van der Waals surface area contributed by atoms with Crippen LogP contribution in [0, 0.1) is 5.92 Å². The maximum Gasteiger partial charge on any atom is 0.240 e. The number of benzene rings is 2. The fourth-order valence-corrected chi connectivity index (χ4v) is 4.04. The summed E-state index contributed by atoms with van der Waals surface area (Å²) in [5.74, 6) is -0.135. The molecule has 0 radical (unpaired) electrons. The molecule has 26 heavy (non-hydrogen) atoms. The summed E-state index contributed by atoms with van der Waals surface area (Å²) in [7, 11) is -3.54. The Hall–Kier alpha value is -2.18. The van der Waals surface area contributed by atoms with Crippen molar-refractivity contribution >= 4 is 21.6 Å². The number of rotatable bonds is 6. The highest BCUT2D eigenvalue weighted by Gasteiger charge is 2.18. The minimum atomic E-state index is -3.54. The van der Waals surface area contributed by atoms with Crippen LogP contribution < -0.4 is 10.0 Å². The first kappa shape index (κ1) is 18.6. The first-order valence-corrected chi connectivity index (χ1v) is 10.3. The molecule has 0 aliphatic heterocycles. The van der Waals surface area contributed by atoms with Crippen LogP contribution in [0.2, 0.25) is 0 Å². The standard InChI is InChI=1S/C20H24N2O3S/c1-14(2)20(23)22-18-9-6-15(7-10-18)13-21-26(24,25)19-11-8-16-4-3-5-17(16)12-19/h6-12,14,21H,3-5,13H2,1-2H3,(H,22,23). The predicted octanol–water partition coefficient (Wildman–Crippen LogP) is 3.25. The topological polar surface area (TPSA) is 75.3 Å². The molecular weight excluding hydrogens is 348 g/mol. The van der Waals surface area contributed by atoms with Gasteiger partial charge < -0.3 is 5.32 Å². The second-order valence-electron chi connectivity index (χ2n) is 6.95. The van der Waals surface area contributed by atoms with E-state index in [0.717, 1.165) is 30.4 Å². The lowest BCUT2D eigenvalue weighted by Gasteiger charge is -2.10. The van der Waals surface area contributed by atoms with Crippen molar-refractivity contribution in [3.8, 4) is 0 Å². The molecular formula is C20H24N2O3S. The maximum absolute atomic E-state index is 12.5. The maximum atomic E-state index is 12.5. The number of fused-ring (bicyclic) bond motifs is 1. The molecule has 0 heterocycles. The van der Waals surface area contributed by atoms with E-state index in [1.165, 1.54) is 5.56 Å². The normalized spacial score (nSPS) is 13.7. The van der Waals surface area contributed by atoms with E-state index in [9.17, 15) is 13.2 Å². The lowest BCUT2D eigenvalue weighted by atomic mass is 10.1. The fraction of sp³-hybridized carbons (Fsp3) is 0.350. The Morgan fingerprint density at radius 2 is 1.73 bits per heavy atom. The van der Waals surface area contributed by atoms with Crippen LogP contribution in [0.1, 0.15) is 37.0 Å². The van der Waals surface area contributed by atoms with Gasteiger partial charge in [0.05, 0.1) is 4.90 Å². The van der Waals surface area contributed by atoms with Gasteiger partial charge in [-0.15, -0.1) is 0 Å². The number of hydrogen-bond donors (Lipinski definition) is 2. The quantitative estimate of drug-likeness (QED) is 0.817. The largest absolute Gasteiger partial charge is 0.326 e. The van der Waals surface area contributed by atoms with Gasteiger partial charge in [0.25, 0.3) is 0 Å². The van der Waals surface area contributed by atoms with Crippen LogP contribution in [0.5, 0.6) is 0 Å². The van der Waals surface area contributed by atoms with Gasteiger partial charge in [-0.25, -0.2) is 13.1 Å². The monoisotopic (exact) mass is 372 g/mol. The zero-order valence-corrected chi connectivity index (χ0v) is 15.9. The van der Waals surface area contributed by atoms with Crippen molar-refractivity contribution in [2.45, 2.75) is 44.6 Å². The average molecular weight is 372 g/mol. The third-order valence-corrected chi connectivity index (χ3v) is 5.99. The lowest BCUT2D eigenvalue weighted by Crippen LogP contribution is -2.23. The molecule has 0 atom stereocenters. The van der Waals surface area contributed by atoms with E-state index in [0.29, 0.717) is 10.6 Å². The van der Waals surface area contributed by atoms with Crippen LogP contribution in [0.4, 0.5) is 5.69 Å². The summed E-state index contributed by atoms with van der Waals surface area (Å²) in [6.45, 7) is 3.87. The summed E-state index contributed by atoms with van der Waals surface area (Å²) in [6, 6.07) is 12.6. The number of carbonyl (C=O) groups excluding carboxylic acids is 1. The highest BCUT2D eigenvalue weighted by atomic mass is 32.2. The third-order valence-electron chi connectivity index (χ3n) is 4.59. The Morgan fingerprint density at radius 1 is 1.04 bits per heavy atom. The molecule has 138 valence electrons. The molecule has 0 aromatic heterocycles. The second-order valence-corrected chi connectivity index (χ2v) is 8.72. The third kappa shape index (κ3) is 4.31. The lowest BCUT2D eigenvalue weighted by molar-refractivity contribution is -0.118. The van der Waals surface area contributed by atoms with Crippen molar-refractivity contribution in [3.05, 3.63) is 59.2 Å². The van der Waals surface area contributed by atoms with Crippen LogP contribution in [-0.4, -0.2) is 14.3 Å². The van der Waals surface area contributed by atoms with Gasteiger partial charge in [-0.3, -0.25) is 4.79 Å². The Balaban J connectivity index is 1.63. The van der Waals surface area contributed by atoms with Crippen LogP contribution in [0.15, 0.2) is 47.4 Å². The average Bonchev–Trinajstić information content (AvgIpc) is 3.09. The zero-order chi connectivity index (χ0) is 18.7. The van der Waals surface area contributed by atoms with Crippen molar-refractivity contribution < 1.29 is 13.2 Å². The van der Waals surface area contributed by atoms with Crippen LogP contribution in [-0.2, 0) is 34.2 Å². The number of anilines is 1. The van der Waals surface area contributed by atoms with E-state index < -0.39 is 10.0 Å². The van der Waals surface area contributed by atoms with Gasteiger partial charge in [0.1, 0.15) is 0 Å². The Labute approximate surface area is 154 Å². The van der Waals surface area contributed by atoms with Crippen molar-refractivity contribution in [1.29, 1.82) is 0 Å². The van der Waals surface area contributed by atoms with Gasteiger partial charge >= 0.3 is 0 Å². The van der Waals surface area contributed by atoms with Crippen LogP contribution >= 0.6 is 0 Å². The molecule has 1 aliphatic carbocycles. The van der Waals surface area contributed by atoms with Gasteiger partial charge in [-0.2, -0.15) is 0 Å². The fourth-order valence-electron chi connectivity index (χ4n) is 2.97. The van der Waals surface area contributed by atoms with Crippen molar-refractivity contribution in [1.82, 2.24) is 4.72 Å². The highest BCUT2D eigenvalue weighted by molar-refractivity contribution is 7.89. The molecule has 2 aromatic rings. The summed E-state index contributed by atoms with van der Waals surface area (Å²) in [4.78, 5) is 12.0. The minimum absolute atomic E-state index is 0.0462. The molecule has 0 unspecified atom stereocenters.